The van der Waals surface area contributed by atoms with E-state index in [4.69, 9.17) is 0 Å². The van der Waals surface area contributed by atoms with Crippen LogP contribution in [0, 0.1) is 23.7 Å². The van der Waals surface area contributed by atoms with E-state index in [-0.39, 0.29) is 0 Å². The number of hydrogen-bond donors (Lipinski definition) is 0. The molecular weight excluding hydrogens is 192 g/mol. The molecule has 0 amide bonds. The summed E-state index contributed by atoms with van der Waals surface area (Å²) in [4.78, 5) is 0. The van der Waals surface area contributed by atoms with Crippen LogP contribution in [0.25, 0.3) is 0 Å². The van der Waals surface area contributed by atoms with Crippen molar-refractivity contribution in [3.8, 4) is 0 Å². The zero-order valence-electron chi connectivity index (χ0n) is 12.0. The molecule has 0 radical (unpaired) electrons. The van der Waals surface area contributed by atoms with Crippen molar-refractivity contribution in [3.63, 3.8) is 0 Å². The summed E-state index contributed by atoms with van der Waals surface area (Å²) in [5.74, 6) is 4.19. The highest BCUT2D eigenvalue weighted by Crippen LogP contribution is 2.47. The smallest absolute Gasteiger partial charge is 0.0380 e. The molecule has 1 fully saturated rings. The first-order valence-electron chi connectivity index (χ1n) is 7.71. The van der Waals surface area contributed by atoms with Crippen molar-refractivity contribution >= 4 is 0 Å². The molecule has 4 atom stereocenters. The van der Waals surface area contributed by atoms with Crippen molar-refractivity contribution in [2.75, 3.05) is 0 Å². The minimum atomic E-state index is 0.942. The monoisotopic (exact) mass is 224 g/mol. The fourth-order valence-electron chi connectivity index (χ4n) is 3.01. The second-order valence-corrected chi connectivity index (χ2v) is 6.16. The Morgan fingerprint density at radius 1 is 1.06 bits per heavy atom. The van der Waals surface area contributed by atoms with Crippen molar-refractivity contribution < 1.29 is 0 Å². The third-order valence-corrected chi connectivity index (χ3v) is 4.64. The summed E-state index contributed by atoms with van der Waals surface area (Å²) in [6, 6.07) is 0. The van der Waals surface area contributed by atoms with E-state index in [1.165, 1.54) is 44.9 Å². The van der Waals surface area contributed by atoms with Crippen LogP contribution < -0.4 is 0 Å². The lowest BCUT2D eigenvalue weighted by molar-refractivity contribution is 0.333. The van der Waals surface area contributed by atoms with Crippen LogP contribution in [0.5, 0.6) is 0 Å². The Morgan fingerprint density at radius 2 is 1.81 bits per heavy atom. The van der Waals surface area contributed by atoms with Crippen LogP contribution in [0.3, 0.4) is 0 Å². The van der Waals surface area contributed by atoms with Crippen LogP contribution in [-0.4, -0.2) is 0 Å². The Kier molecular flexibility index (Phi) is 6.46. The molecule has 0 heteroatoms. The zero-order valence-corrected chi connectivity index (χ0v) is 12.0. The molecule has 0 nitrogen and oxygen atoms in total. The Balaban J connectivity index is 2.15. The van der Waals surface area contributed by atoms with Gasteiger partial charge in [-0.3, -0.25) is 0 Å². The van der Waals surface area contributed by atoms with E-state index >= 15 is 0 Å². The van der Waals surface area contributed by atoms with Gasteiger partial charge in [-0.05, 0) is 42.9 Å². The Labute approximate surface area is 103 Å². The topological polar surface area (TPSA) is 0 Å². The van der Waals surface area contributed by atoms with Crippen LogP contribution in [0.15, 0.2) is 0 Å². The molecule has 16 heavy (non-hydrogen) atoms. The summed E-state index contributed by atoms with van der Waals surface area (Å²) in [5.41, 5.74) is 0. The highest BCUT2D eigenvalue weighted by atomic mass is 14.4. The highest BCUT2D eigenvalue weighted by molar-refractivity contribution is 4.87. The Bertz CT molecular complexity index is 173. The predicted molar refractivity (Wildman–Crippen MR) is 73.6 cm³/mol. The van der Waals surface area contributed by atoms with Crippen LogP contribution >= 0.6 is 0 Å². The number of unbranched alkanes of at least 4 members (excludes halogenated alkanes) is 1. The summed E-state index contributed by atoms with van der Waals surface area (Å²) in [6.07, 6.45) is 11.7. The Morgan fingerprint density at radius 3 is 2.38 bits per heavy atom. The van der Waals surface area contributed by atoms with Gasteiger partial charge in [0.25, 0.3) is 0 Å². The van der Waals surface area contributed by atoms with E-state index in [2.05, 4.69) is 27.7 Å². The quantitative estimate of drug-likeness (QED) is 0.473. The summed E-state index contributed by atoms with van der Waals surface area (Å²) < 4.78 is 0. The minimum Gasteiger partial charge on any atom is -0.0654 e. The maximum Gasteiger partial charge on any atom is -0.0380 e. The first-order chi connectivity index (χ1) is 7.71. The third kappa shape index (κ3) is 4.89. The minimum absolute atomic E-state index is 0.942. The fraction of sp³-hybridized carbons (Fsp3) is 1.00. The lowest BCUT2D eigenvalue weighted by Gasteiger charge is -2.18. The van der Waals surface area contributed by atoms with E-state index in [1.54, 1.807) is 6.42 Å². The predicted octanol–water partition coefficient (Wildman–Crippen LogP) is 5.67. The first-order valence-corrected chi connectivity index (χ1v) is 7.71. The molecule has 4 unspecified atom stereocenters. The average Bonchev–Trinajstić information content (AvgIpc) is 3.03. The molecule has 0 heterocycles. The lowest BCUT2D eigenvalue weighted by Crippen LogP contribution is -2.06. The van der Waals surface area contributed by atoms with E-state index in [0.717, 1.165) is 23.7 Å². The van der Waals surface area contributed by atoms with Crippen LogP contribution in [-0.2, 0) is 0 Å². The molecule has 0 saturated heterocycles. The molecule has 0 aromatic carbocycles. The van der Waals surface area contributed by atoms with E-state index in [9.17, 15) is 0 Å². The molecule has 0 aliphatic heterocycles. The van der Waals surface area contributed by atoms with Gasteiger partial charge in [0.15, 0.2) is 0 Å². The van der Waals surface area contributed by atoms with E-state index in [1.807, 2.05) is 0 Å². The van der Waals surface area contributed by atoms with Gasteiger partial charge in [0.05, 0.1) is 0 Å². The fourth-order valence-corrected chi connectivity index (χ4v) is 3.01. The SMILES string of the molecule is CCCCC1CC1CC(CC)CC(C)CC. The standard InChI is InChI=1S/C16H32/c1-5-8-9-15-12-16(15)11-14(7-3)10-13(4)6-2/h13-16H,5-12H2,1-4H3. The first kappa shape index (κ1) is 14.1. The Hall–Kier alpha value is 0. The van der Waals surface area contributed by atoms with E-state index in [0.29, 0.717) is 0 Å². The number of hydrogen-bond acceptors (Lipinski definition) is 0. The molecule has 1 rings (SSSR count). The maximum absolute atomic E-state index is 2.42. The van der Waals surface area contributed by atoms with Crippen LogP contribution in [0.4, 0.5) is 0 Å². The van der Waals surface area contributed by atoms with Gasteiger partial charge in [0, 0.05) is 0 Å². The van der Waals surface area contributed by atoms with Crippen molar-refractivity contribution in [2.45, 2.75) is 79.1 Å². The normalized spacial score (nSPS) is 27.8. The van der Waals surface area contributed by atoms with Gasteiger partial charge >= 0.3 is 0 Å². The highest BCUT2D eigenvalue weighted by Gasteiger charge is 2.37. The molecule has 0 aromatic heterocycles. The summed E-state index contributed by atoms with van der Waals surface area (Å²) in [7, 11) is 0. The van der Waals surface area contributed by atoms with Gasteiger partial charge in [-0.25, -0.2) is 0 Å². The summed E-state index contributed by atoms with van der Waals surface area (Å²) in [6.45, 7) is 9.45. The molecular formula is C16H32. The van der Waals surface area contributed by atoms with Gasteiger partial charge in [-0.2, -0.15) is 0 Å². The van der Waals surface area contributed by atoms with Gasteiger partial charge in [-0.15, -0.1) is 0 Å². The van der Waals surface area contributed by atoms with Crippen molar-refractivity contribution in [3.05, 3.63) is 0 Å². The van der Waals surface area contributed by atoms with Crippen LogP contribution in [0.2, 0.25) is 0 Å². The third-order valence-electron chi connectivity index (χ3n) is 4.64. The molecule has 96 valence electrons. The van der Waals surface area contributed by atoms with Crippen molar-refractivity contribution in [1.29, 1.82) is 0 Å². The van der Waals surface area contributed by atoms with Gasteiger partial charge in [0.1, 0.15) is 0 Å². The molecule has 0 N–H and O–H groups in total. The number of rotatable bonds is 9. The summed E-state index contributed by atoms with van der Waals surface area (Å²) >= 11 is 0. The molecule has 1 saturated carbocycles. The molecule has 1 aliphatic carbocycles. The van der Waals surface area contributed by atoms with Crippen molar-refractivity contribution in [1.82, 2.24) is 0 Å². The average molecular weight is 224 g/mol. The second kappa shape index (κ2) is 7.35. The van der Waals surface area contributed by atoms with E-state index < -0.39 is 0 Å². The van der Waals surface area contributed by atoms with Gasteiger partial charge in [-0.1, -0.05) is 59.8 Å². The van der Waals surface area contributed by atoms with Crippen LogP contribution in [0.1, 0.15) is 79.1 Å². The molecule has 0 spiro atoms. The molecule has 0 aromatic rings. The van der Waals surface area contributed by atoms with Gasteiger partial charge < -0.3 is 0 Å². The maximum atomic E-state index is 2.42. The summed E-state index contributed by atoms with van der Waals surface area (Å²) in [5, 5.41) is 0. The molecule has 1 aliphatic rings. The van der Waals surface area contributed by atoms with Crippen molar-refractivity contribution in [2.24, 2.45) is 23.7 Å². The van der Waals surface area contributed by atoms with Gasteiger partial charge in [0.2, 0.25) is 0 Å². The largest absolute Gasteiger partial charge is 0.0654 e. The lowest BCUT2D eigenvalue weighted by atomic mass is 9.88. The zero-order chi connectivity index (χ0) is 12.0. The second-order valence-electron chi connectivity index (χ2n) is 6.16. The molecule has 0 bridgehead atoms.